The standard InChI is InChI=1S/C17H16F2N2O2S/c1-2-20-17(23)21-16(22)15(11-6-4-3-5-7-11)24-12-8-9-13(18)14(19)10-12/h3-10,15H,2H2,1H3,(H2,20,21,22,23)/t15-/m1/s1. The van der Waals surface area contributed by atoms with Crippen molar-refractivity contribution >= 4 is 23.7 Å². The summed E-state index contributed by atoms with van der Waals surface area (Å²) in [6.07, 6.45) is 0. The summed E-state index contributed by atoms with van der Waals surface area (Å²) in [5.41, 5.74) is 0.647. The van der Waals surface area contributed by atoms with Crippen LogP contribution in [0.15, 0.2) is 53.4 Å². The van der Waals surface area contributed by atoms with E-state index in [1.807, 2.05) is 0 Å². The molecule has 0 saturated carbocycles. The van der Waals surface area contributed by atoms with Crippen molar-refractivity contribution in [1.29, 1.82) is 0 Å². The van der Waals surface area contributed by atoms with Gasteiger partial charge in [-0.15, -0.1) is 11.8 Å². The quantitative estimate of drug-likeness (QED) is 0.810. The maximum atomic E-state index is 13.4. The Balaban J connectivity index is 2.24. The molecule has 2 rings (SSSR count). The summed E-state index contributed by atoms with van der Waals surface area (Å²) in [5, 5.41) is 3.94. The Hall–Kier alpha value is -2.41. The fraction of sp³-hybridized carbons (Fsp3) is 0.176. The number of rotatable bonds is 5. The fourth-order valence-corrected chi connectivity index (χ4v) is 3.02. The van der Waals surface area contributed by atoms with Crippen molar-refractivity contribution < 1.29 is 18.4 Å². The number of carbonyl (C=O) groups is 2. The molecule has 4 nitrogen and oxygen atoms in total. The molecule has 0 spiro atoms. The first-order chi connectivity index (χ1) is 11.5. The van der Waals surface area contributed by atoms with Crippen molar-refractivity contribution in [3.05, 3.63) is 65.7 Å². The predicted molar refractivity (Wildman–Crippen MR) is 88.6 cm³/mol. The smallest absolute Gasteiger partial charge is 0.321 e. The molecule has 0 aliphatic rings. The van der Waals surface area contributed by atoms with Gasteiger partial charge in [-0.05, 0) is 30.7 Å². The maximum absolute atomic E-state index is 13.4. The molecule has 0 radical (unpaired) electrons. The van der Waals surface area contributed by atoms with Crippen LogP contribution in [0.1, 0.15) is 17.7 Å². The number of hydrogen-bond donors (Lipinski definition) is 2. The molecule has 0 fully saturated rings. The number of halogens is 2. The summed E-state index contributed by atoms with van der Waals surface area (Å²) in [6, 6.07) is 11.6. The molecule has 24 heavy (non-hydrogen) atoms. The molecule has 0 aliphatic carbocycles. The largest absolute Gasteiger partial charge is 0.338 e. The molecule has 1 atom stereocenters. The monoisotopic (exact) mass is 350 g/mol. The van der Waals surface area contributed by atoms with Gasteiger partial charge in [0.15, 0.2) is 11.6 Å². The minimum Gasteiger partial charge on any atom is -0.338 e. The number of imide groups is 1. The van der Waals surface area contributed by atoms with Crippen molar-refractivity contribution in [1.82, 2.24) is 10.6 Å². The van der Waals surface area contributed by atoms with Gasteiger partial charge in [0.2, 0.25) is 5.91 Å². The van der Waals surface area contributed by atoms with Crippen molar-refractivity contribution in [3.63, 3.8) is 0 Å². The summed E-state index contributed by atoms with van der Waals surface area (Å²) in [6.45, 7) is 2.11. The Morgan fingerprint density at radius 3 is 2.42 bits per heavy atom. The average molecular weight is 350 g/mol. The van der Waals surface area contributed by atoms with Crippen LogP contribution in [0.25, 0.3) is 0 Å². The molecule has 0 saturated heterocycles. The van der Waals surface area contributed by atoms with Crippen LogP contribution in [0.3, 0.4) is 0 Å². The minimum atomic E-state index is -0.990. The number of amides is 3. The van der Waals surface area contributed by atoms with Crippen LogP contribution in [-0.2, 0) is 4.79 Å². The lowest BCUT2D eigenvalue weighted by molar-refractivity contribution is -0.119. The van der Waals surface area contributed by atoms with Crippen molar-refractivity contribution in [3.8, 4) is 0 Å². The minimum absolute atomic E-state index is 0.380. The highest BCUT2D eigenvalue weighted by Gasteiger charge is 2.24. The van der Waals surface area contributed by atoms with Gasteiger partial charge in [-0.25, -0.2) is 13.6 Å². The van der Waals surface area contributed by atoms with E-state index < -0.39 is 28.8 Å². The van der Waals surface area contributed by atoms with Gasteiger partial charge in [0.05, 0.1) is 0 Å². The molecular formula is C17H16F2N2O2S. The van der Waals surface area contributed by atoms with Gasteiger partial charge in [0, 0.05) is 11.4 Å². The molecule has 2 aromatic carbocycles. The number of benzene rings is 2. The zero-order chi connectivity index (χ0) is 17.5. The second kappa shape index (κ2) is 8.44. The highest BCUT2D eigenvalue weighted by Crippen LogP contribution is 2.35. The van der Waals surface area contributed by atoms with E-state index >= 15 is 0 Å². The van der Waals surface area contributed by atoms with E-state index in [0.29, 0.717) is 17.0 Å². The van der Waals surface area contributed by atoms with Gasteiger partial charge in [-0.2, -0.15) is 0 Å². The number of hydrogen-bond acceptors (Lipinski definition) is 3. The van der Waals surface area contributed by atoms with E-state index in [4.69, 9.17) is 0 Å². The third-order valence-electron chi connectivity index (χ3n) is 3.06. The second-order valence-corrected chi connectivity index (χ2v) is 6.01. The van der Waals surface area contributed by atoms with E-state index in [1.165, 1.54) is 6.07 Å². The maximum Gasteiger partial charge on any atom is 0.321 e. The van der Waals surface area contributed by atoms with Crippen LogP contribution < -0.4 is 10.6 Å². The lowest BCUT2D eigenvalue weighted by Gasteiger charge is -2.16. The third kappa shape index (κ3) is 4.79. The zero-order valence-corrected chi connectivity index (χ0v) is 13.7. The Morgan fingerprint density at radius 1 is 1.08 bits per heavy atom. The van der Waals surface area contributed by atoms with Gasteiger partial charge in [0.25, 0.3) is 0 Å². The van der Waals surface area contributed by atoms with E-state index in [-0.39, 0.29) is 0 Å². The topological polar surface area (TPSA) is 58.2 Å². The Labute approximate surface area is 142 Å². The first kappa shape index (κ1) is 17.9. The van der Waals surface area contributed by atoms with Gasteiger partial charge in [-0.1, -0.05) is 30.3 Å². The van der Waals surface area contributed by atoms with E-state index in [2.05, 4.69) is 10.6 Å². The Bertz CT molecular complexity index is 726. The van der Waals surface area contributed by atoms with E-state index in [0.717, 1.165) is 23.9 Å². The van der Waals surface area contributed by atoms with Crippen LogP contribution >= 0.6 is 11.8 Å². The summed E-state index contributed by atoms with van der Waals surface area (Å²) < 4.78 is 26.4. The summed E-state index contributed by atoms with van der Waals surface area (Å²) >= 11 is 1.03. The summed E-state index contributed by atoms with van der Waals surface area (Å²) in [7, 11) is 0. The fourth-order valence-electron chi connectivity index (χ4n) is 1.97. The summed E-state index contributed by atoms with van der Waals surface area (Å²) in [4.78, 5) is 24.4. The lowest BCUT2D eigenvalue weighted by Crippen LogP contribution is -2.41. The molecule has 126 valence electrons. The number of thioether (sulfide) groups is 1. The average Bonchev–Trinajstić information content (AvgIpc) is 2.56. The Kier molecular flexibility index (Phi) is 6.31. The van der Waals surface area contributed by atoms with E-state index in [9.17, 15) is 18.4 Å². The molecule has 0 aromatic heterocycles. The van der Waals surface area contributed by atoms with Gasteiger partial charge in [-0.3, -0.25) is 10.1 Å². The molecule has 7 heteroatoms. The molecular weight excluding hydrogens is 334 g/mol. The molecule has 2 N–H and O–H groups in total. The highest BCUT2D eigenvalue weighted by molar-refractivity contribution is 8.00. The molecule has 0 unspecified atom stereocenters. The van der Waals surface area contributed by atoms with Gasteiger partial charge >= 0.3 is 6.03 Å². The second-order valence-electron chi connectivity index (χ2n) is 4.83. The van der Waals surface area contributed by atoms with Crippen molar-refractivity contribution in [2.24, 2.45) is 0 Å². The van der Waals surface area contributed by atoms with Crippen LogP contribution in [0.4, 0.5) is 13.6 Å². The molecule has 0 heterocycles. The van der Waals surface area contributed by atoms with Crippen molar-refractivity contribution in [2.75, 3.05) is 6.54 Å². The zero-order valence-electron chi connectivity index (χ0n) is 12.9. The molecule has 2 aromatic rings. The van der Waals surface area contributed by atoms with Crippen molar-refractivity contribution in [2.45, 2.75) is 17.1 Å². The molecule has 0 aliphatic heterocycles. The van der Waals surface area contributed by atoms with Gasteiger partial charge in [0.1, 0.15) is 5.25 Å². The highest BCUT2D eigenvalue weighted by atomic mass is 32.2. The van der Waals surface area contributed by atoms with Crippen LogP contribution in [-0.4, -0.2) is 18.5 Å². The van der Waals surface area contributed by atoms with Crippen LogP contribution in [0.5, 0.6) is 0 Å². The third-order valence-corrected chi connectivity index (χ3v) is 4.31. The van der Waals surface area contributed by atoms with Crippen LogP contribution in [0, 0.1) is 11.6 Å². The first-order valence-electron chi connectivity index (χ1n) is 7.26. The number of carbonyl (C=O) groups excluding carboxylic acids is 2. The lowest BCUT2D eigenvalue weighted by atomic mass is 10.1. The predicted octanol–water partition coefficient (Wildman–Crippen LogP) is 3.64. The van der Waals surface area contributed by atoms with Gasteiger partial charge < -0.3 is 5.32 Å². The SMILES string of the molecule is CCNC(=O)NC(=O)[C@H](Sc1ccc(F)c(F)c1)c1ccccc1. The van der Waals surface area contributed by atoms with Crippen LogP contribution in [0.2, 0.25) is 0 Å². The number of nitrogens with one attached hydrogen (secondary N) is 2. The molecule has 0 bridgehead atoms. The number of urea groups is 1. The Morgan fingerprint density at radius 2 is 1.79 bits per heavy atom. The normalized spacial score (nSPS) is 11.6. The van der Waals surface area contributed by atoms with E-state index in [1.54, 1.807) is 37.3 Å². The molecule has 3 amide bonds. The first-order valence-corrected chi connectivity index (χ1v) is 8.14. The summed E-state index contributed by atoms with van der Waals surface area (Å²) in [5.74, 6) is -2.49.